The third-order valence-corrected chi connectivity index (χ3v) is 2.53. The number of halogens is 1. The molecule has 2 fully saturated rings. The molecule has 60 valence electrons. The summed E-state index contributed by atoms with van der Waals surface area (Å²) >= 11 is 0. The number of fused-ring (bicyclic) bond motifs is 2. The molecule has 2 nitrogen and oxygen atoms in total. The van der Waals surface area contributed by atoms with E-state index >= 15 is 0 Å². The minimum atomic E-state index is 0. The van der Waals surface area contributed by atoms with Gasteiger partial charge in [0.2, 0.25) is 0 Å². The van der Waals surface area contributed by atoms with Crippen LogP contribution in [0, 0.1) is 5.92 Å². The van der Waals surface area contributed by atoms with Crippen molar-refractivity contribution in [3.05, 3.63) is 0 Å². The van der Waals surface area contributed by atoms with Crippen molar-refractivity contribution in [1.82, 2.24) is 0 Å². The van der Waals surface area contributed by atoms with Crippen molar-refractivity contribution in [3.63, 3.8) is 0 Å². The largest absolute Gasteiger partial charge is 0.375 e. The van der Waals surface area contributed by atoms with Crippen LogP contribution in [-0.2, 0) is 4.74 Å². The maximum Gasteiger partial charge on any atom is 0.0621 e. The second kappa shape index (κ2) is 3.07. The maximum absolute atomic E-state index is 5.60. The Kier molecular flexibility index (Phi) is 2.55. The molecule has 10 heavy (non-hydrogen) atoms. The molecular weight excluding hydrogens is 150 g/mol. The van der Waals surface area contributed by atoms with Crippen LogP contribution in [0.2, 0.25) is 0 Å². The average Bonchev–Trinajstić information content (AvgIpc) is 2.45. The van der Waals surface area contributed by atoms with Crippen molar-refractivity contribution in [2.45, 2.75) is 31.5 Å². The summed E-state index contributed by atoms with van der Waals surface area (Å²) in [6, 6.07) is 0. The van der Waals surface area contributed by atoms with Gasteiger partial charge in [-0.1, -0.05) is 0 Å². The molecule has 0 spiro atoms. The van der Waals surface area contributed by atoms with E-state index in [1.165, 1.54) is 19.3 Å². The zero-order valence-corrected chi connectivity index (χ0v) is 6.77. The lowest BCUT2D eigenvalue weighted by Crippen LogP contribution is -2.24. The normalized spacial score (nSPS) is 43.5. The molecule has 2 aliphatic rings. The zero-order chi connectivity index (χ0) is 6.27. The van der Waals surface area contributed by atoms with Crippen molar-refractivity contribution in [3.8, 4) is 0 Å². The lowest BCUT2D eigenvalue weighted by molar-refractivity contribution is 0.0936. The van der Waals surface area contributed by atoms with Crippen molar-refractivity contribution in [2.75, 3.05) is 6.54 Å². The summed E-state index contributed by atoms with van der Waals surface area (Å²) in [5.74, 6) is 0.684. The first-order valence-electron chi connectivity index (χ1n) is 3.75. The number of nitrogens with two attached hydrogens (primary N) is 1. The predicted octanol–water partition coefficient (Wildman–Crippen LogP) is 0.934. The Morgan fingerprint density at radius 1 is 1.40 bits per heavy atom. The molecule has 3 atom stereocenters. The summed E-state index contributed by atoms with van der Waals surface area (Å²) in [5.41, 5.74) is 5.54. The number of rotatable bonds is 1. The second-order valence-electron chi connectivity index (χ2n) is 3.11. The van der Waals surface area contributed by atoms with E-state index in [0.29, 0.717) is 18.1 Å². The molecular formula is C7H14ClNO. The first-order chi connectivity index (χ1) is 4.40. The van der Waals surface area contributed by atoms with Gasteiger partial charge in [-0.3, -0.25) is 0 Å². The fraction of sp³-hybridized carbons (Fsp3) is 1.00. The summed E-state index contributed by atoms with van der Waals surface area (Å²) in [5, 5.41) is 0. The fourth-order valence-electron chi connectivity index (χ4n) is 1.99. The molecule has 0 aromatic carbocycles. The Morgan fingerprint density at radius 3 is 2.50 bits per heavy atom. The van der Waals surface area contributed by atoms with E-state index in [-0.39, 0.29) is 12.4 Å². The molecule has 0 amide bonds. The number of hydrogen-bond donors (Lipinski definition) is 1. The van der Waals surface area contributed by atoms with Gasteiger partial charge < -0.3 is 10.5 Å². The van der Waals surface area contributed by atoms with Crippen molar-refractivity contribution >= 4 is 12.4 Å². The van der Waals surface area contributed by atoms with E-state index in [1.54, 1.807) is 0 Å². The van der Waals surface area contributed by atoms with Crippen molar-refractivity contribution in [1.29, 1.82) is 0 Å². The molecule has 2 aliphatic heterocycles. The molecule has 2 rings (SSSR count). The van der Waals surface area contributed by atoms with Gasteiger partial charge in [-0.05, 0) is 31.7 Å². The second-order valence-corrected chi connectivity index (χ2v) is 3.11. The molecule has 3 heteroatoms. The van der Waals surface area contributed by atoms with Gasteiger partial charge in [0, 0.05) is 0 Å². The van der Waals surface area contributed by atoms with Crippen LogP contribution < -0.4 is 5.73 Å². The van der Waals surface area contributed by atoms with E-state index in [2.05, 4.69) is 0 Å². The van der Waals surface area contributed by atoms with Gasteiger partial charge in [-0.2, -0.15) is 0 Å². The monoisotopic (exact) mass is 163 g/mol. The Morgan fingerprint density at radius 2 is 2.20 bits per heavy atom. The van der Waals surface area contributed by atoms with Crippen LogP contribution >= 0.6 is 12.4 Å². The lowest BCUT2D eigenvalue weighted by atomic mass is 9.89. The summed E-state index contributed by atoms with van der Waals surface area (Å²) < 4.78 is 5.60. The van der Waals surface area contributed by atoms with Crippen LogP contribution in [-0.4, -0.2) is 18.8 Å². The maximum atomic E-state index is 5.60. The standard InChI is InChI=1S/C7H13NO.ClH/c8-4-5-3-6-1-2-7(5)9-6;/h5-7H,1-4,8H2;1H/t5-,6-,7+;/m0./s1. The number of ether oxygens (including phenoxy) is 1. The first kappa shape index (κ1) is 8.31. The molecule has 0 saturated carbocycles. The summed E-state index contributed by atoms with van der Waals surface area (Å²) in [6.45, 7) is 0.821. The van der Waals surface area contributed by atoms with Gasteiger partial charge >= 0.3 is 0 Å². The van der Waals surface area contributed by atoms with Crippen LogP contribution in [0.5, 0.6) is 0 Å². The predicted molar refractivity (Wildman–Crippen MR) is 42.3 cm³/mol. The quantitative estimate of drug-likeness (QED) is 0.625. The lowest BCUT2D eigenvalue weighted by Gasteiger charge is -2.14. The molecule has 0 radical (unpaired) electrons. The molecule has 2 N–H and O–H groups in total. The third kappa shape index (κ3) is 1.16. The third-order valence-electron chi connectivity index (χ3n) is 2.53. The van der Waals surface area contributed by atoms with E-state index in [9.17, 15) is 0 Å². The van der Waals surface area contributed by atoms with Crippen LogP contribution in [0.4, 0.5) is 0 Å². The fourth-order valence-corrected chi connectivity index (χ4v) is 1.99. The smallest absolute Gasteiger partial charge is 0.0621 e. The Balaban J connectivity index is 0.000000500. The summed E-state index contributed by atoms with van der Waals surface area (Å²) in [4.78, 5) is 0. The van der Waals surface area contributed by atoms with Gasteiger partial charge in [0.1, 0.15) is 0 Å². The summed E-state index contributed by atoms with van der Waals surface area (Å²) in [7, 11) is 0. The van der Waals surface area contributed by atoms with E-state index in [4.69, 9.17) is 10.5 Å². The van der Waals surface area contributed by atoms with Gasteiger partial charge in [0.05, 0.1) is 12.2 Å². The van der Waals surface area contributed by atoms with Gasteiger partial charge in [-0.25, -0.2) is 0 Å². The van der Waals surface area contributed by atoms with Gasteiger partial charge in [-0.15, -0.1) is 12.4 Å². The molecule has 0 aliphatic carbocycles. The van der Waals surface area contributed by atoms with Crippen molar-refractivity contribution in [2.24, 2.45) is 11.7 Å². The molecule has 0 unspecified atom stereocenters. The minimum Gasteiger partial charge on any atom is -0.375 e. The molecule has 2 heterocycles. The van der Waals surface area contributed by atoms with Crippen LogP contribution in [0.25, 0.3) is 0 Å². The minimum absolute atomic E-state index is 0. The van der Waals surface area contributed by atoms with Gasteiger partial charge in [0.25, 0.3) is 0 Å². The van der Waals surface area contributed by atoms with Crippen LogP contribution in [0.1, 0.15) is 19.3 Å². The highest BCUT2D eigenvalue weighted by molar-refractivity contribution is 5.85. The van der Waals surface area contributed by atoms with E-state index in [1.807, 2.05) is 0 Å². The Bertz CT molecular complexity index is 120. The first-order valence-corrected chi connectivity index (χ1v) is 3.75. The zero-order valence-electron chi connectivity index (χ0n) is 5.95. The van der Waals surface area contributed by atoms with Gasteiger partial charge in [0.15, 0.2) is 0 Å². The molecule has 2 bridgehead atoms. The highest BCUT2D eigenvalue weighted by Gasteiger charge is 2.39. The number of hydrogen-bond acceptors (Lipinski definition) is 2. The Hall–Kier alpha value is 0.210. The molecule has 0 aromatic heterocycles. The highest BCUT2D eigenvalue weighted by atomic mass is 35.5. The molecule has 0 aromatic rings. The topological polar surface area (TPSA) is 35.2 Å². The Labute approximate surface area is 67.5 Å². The van der Waals surface area contributed by atoms with Crippen LogP contribution in [0.15, 0.2) is 0 Å². The SMILES string of the molecule is Cl.NC[C@@H]1C[C@@H]2CC[C@H]1O2. The van der Waals surface area contributed by atoms with Crippen molar-refractivity contribution < 1.29 is 4.74 Å². The highest BCUT2D eigenvalue weighted by Crippen LogP contribution is 2.37. The summed E-state index contributed by atoms with van der Waals surface area (Å²) in [6.07, 6.45) is 4.86. The van der Waals surface area contributed by atoms with E-state index in [0.717, 1.165) is 6.54 Å². The molecule has 2 saturated heterocycles. The van der Waals surface area contributed by atoms with Crippen LogP contribution in [0.3, 0.4) is 0 Å². The van der Waals surface area contributed by atoms with E-state index < -0.39 is 0 Å². The average molecular weight is 164 g/mol.